The molecule has 120 valence electrons. The number of nitrogens with two attached hydrogens (primary N) is 1. The van der Waals surface area contributed by atoms with Gasteiger partial charge in [0, 0.05) is 0 Å². The average Bonchev–Trinajstić information content (AvgIpc) is 3.01. The molecule has 0 spiro atoms. The molecule has 2 fully saturated rings. The number of nitrogen functional groups attached to an aromatic ring is 1. The number of phosphoric ester groups is 1. The third-order valence-corrected chi connectivity index (χ3v) is 4.61. The molecule has 2 saturated heterocycles. The van der Waals surface area contributed by atoms with Crippen LogP contribution in [0.2, 0.25) is 0 Å². The first kappa shape index (κ1) is 17.2. The van der Waals surface area contributed by atoms with Crippen LogP contribution in [0.4, 0.5) is 5.82 Å². The second-order valence-electron chi connectivity index (χ2n) is 4.97. The van der Waals surface area contributed by atoms with E-state index in [1.54, 1.807) is 0 Å². The summed E-state index contributed by atoms with van der Waals surface area (Å²) in [4.78, 5) is 21.3. The molecule has 5 atom stereocenters. The van der Waals surface area contributed by atoms with Gasteiger partial charge in [-0.1, -0.05) is 0 Å². The third-order valence-electron chi connectivity index (χ3n) is 3.63. The first-order valence-electron chi connectivity index (χ1n) is 6.38. The fourth-order valence-electron chi connectivity index (χ4n) is 2.62. The van der Waals surface area contributed by atoms with Crippen LogP contribution < -0.4 is 5.73 Å². The summed E-state index contributed by atoms with van der Waals surface area (Å²) in [6.07, 6.45) is -1.07. The normalized spacial score (nSPS) is 36.6. The van der Waals surface area contributed by atoms with Crippen molar-refractivity contribution in [1.29, 1.82) is 0 Å². The van der Waals surface area contributed by atoms with Gasteiger partial charge in [-0.15, -0.1) is 0 Å². The molecule has 4 heterocycles. The van der Waals surface area contributed by atoms with E-state index >= 15 is 0 Å². The van der Waals surface area contributed by atoms with Crippen molar-refractivity contribution in [2.24, 2.45) is 0 Å². The number of rotatable bonds is 1. The molecule has 13 heteroatoms. The molecule has 1 unspecified atom stereocenters. The Balaban J connectivity index is 0.00000156. The Labute approximate surface area is 151 Å². The standard InChI is InChI=1S/C10H12N5O6P.Na.H/c11-8-5-9(13-2-12-8)15(3-14-5)10-6(16)7-4(20-10)1-19-22(17,18)21-7;;/h2-4,6-7,10,16H,1H2,(H,17,18)(H2,11,12,13);;/t4-,6-,7-,10-;;/m1../s1. The maximum absolute atomic E-state index is 11.5. The summed E-state index contributed by atoms with van der Waals surface area (Å²) in [5.41, 5.74) is 6.46. The van der Waals surface area contributed by atoms with Crippen LogP contribution in [-0.4, -0.2) is 84.0 Å². The second kappa shape index (κ2) is 6.03. The van der Waals surface area contributed by atoms with Crippen LogP contribution in [0.1, 0.15) is 6.23 Å². The van der Waals surface area contributed by atoms with Crippen molar-refractivity contribution in [3.8, 4) is 0 Å². The molecule has 0 saturated carbocycles. The van der Waals surface area contributed by atoms with Gasteiger partial charge >= 0.3 is 37.4 Å². The number of anilines is 1. The average molecular weight is 353 g/mol. The van der Waals surface area contributed by atoms with Gasteiger partial charge in [-0.3, -0.25) is 13.6 Å². The number of aliphatic hydroxyl groups excluding tert-OH is 1. The van der Waals surface area contributed by atoms with Gasteiger partial charge in [-0.2, -0.15) is 0 Å². The van der Waals surface area contributed by atoms with Gasteiger partial charge < -0.3 is 20.5 Å². The predicted octanol–water partition coefficient (Wildman–Crippen LogP) is -1.47. The zero-order chi connectivity index (χ0) is 15.5. The fourth-order valence-corrected chi connectivity index (χ4v) is 3.59. The first-order chi connectivity index (χ1) is 10.5. The summed E-state index contributed by atoms with van der Waals surface area (Å²) in [6.45, 7) is -0.157. The van der Waals surface area contributed by atoms with Crippen molar-refractivity contribution in [2.75, 3.05) is 12.3 Å². The molecular formula is C10H13N5NaO6P. The SMILES string of the molecule is Nc1ncnc2c1ncn2[C@@H]1O[C@@H]2COP(=O)(O)O[C@H]2[C@H]1O.[NaH]. The number of hydrogen-bond acceptors (Lipinski definition) is 9. The molecule has 0 aliphatic carbocycles. The molecule has 0 radical (unpaired) electrons. The van der Waals surface area contributed by atoms with Crippen LogP contribution >= 0.6 is 7.82 Å². The summed E-state index contributed by atoms with van der Waals surface area (Å²) in [5.74, 6) is 0.202. The number of fused-ring (bicyclic) bond motifs is 2. The van der Waals surface area contributed by atoms with E-state index < -0.39 is 32.4 Å². The molecule has 11 nitrogen and oxygen atoms in total. The molecule has 2 aromatic heterocycles. The van der Waals surface area contributed by atoms with Gasteiger partial charge in [0.15, 0.2) is 17.7 Å². The molecule has 0 bridgehead atoms. The molecule has 2 aromatic rings. The Bertz CT molecular complexity index is 788. The summed E-state index contributed by atoms with van der Waals surface area (Å²) >= 11 is 0. The van der Waals surface area contributed by atoms with E-state index in [0.717, 1.165) is 0 Å². The summed E-state index contributed by atoms with van der Waals surface area (Å²) in [6, 6.07) is 0. The number of imidazole rings is 1. The molecule has 0 amide bonds. The first-order valence-corrected chi connectivity index (χ1v) is 7.88. The van der Waals surface area contributed by atoms with E-state index in [2.05, 4.69) is 19.5 Å². The van der Waals surface area contributed by atoms with E-state index in [1.807, 2.05) is 0 Å². The molecule has 4 rings (SSSR count). The molecule has 2 aliphatic rings. The Morgan fingerprint density at radius 1 is 1.39 bits per heavy atom. The van der Waals surface area contributed by atoms with Crippen molar-refractivity contribution in [3.63, 3.8) is 0 Å². The van der Waals surface area contributed by atoms with Crippen molar-refractivity contribution in [3.05, 3.63) is 12.7 Å². The predicted molar refractivity (Wildman–Crippen MR) is 77.5 cm³/mol. The minimum atomic E-state index is -4.16. The quantitative estimate of drug-likeness (QED) is 0.409. The van der Waals surface area contributed by atoms with E-state index in [9.17, 15) is 14.6 Å². The Hall–Kier alpha value is -0.620. The monoisotopic (exact) mass is 353 g/mol. The number of nitrogens with zero attached hydrogens (tertiary/aromatic N) is 4. The van der Waals surface area contributed by atoms with Crippen LogP contribution in [0.3, 0.4) is 0 Å². The van der Waals surface area contributed by atoms with Crippen molar-refractivity contribution in [2.45, 2.75) is 24.5 Å². The van der Waals surface area contributed by atoms with Gasteiger partial charge in [-0.05, 0) is 0 Å². The van der Waals surface area contributed by atoms with Crippen molar-refractivity contribution < 1.29 is 28.3 Å². The molecule has 2 aliphatic heterocycles. The number of hydrogen-bond donors (Lipinski definition) is 3. The number of phosphoric acid groups is 1. The van der Waals surface area contributed by atoms with Crippen LogP contribution in [0, 0.1) is 0 Å². The second-order valence-corrected chi connectivity index (χ2v) is 6.38. The van der Waals surface area contributed by atoms with Crippen molar-refractivity contribution in [1.82, 2.24) is 19.5 Å². The van der Waals surface area contributed by atoms with Crippen LogP contribution in [0.5, 0.6) is 0 Å². The molecular weight excluding hydrogens is 340 g/mol. The van der Waals surface area contributed by atoms with Gasteiger partial charge in [0.25, 0.3) is 0 Å². The maximum atomic E-state index is 11.5. The van der Waals surface area contributed by atoms with E-state index in [0.29, 0.717) is 11.2 Å². The summed E-state index contributed by atoms with van der Waals surface area (Å²) < 4.78 is 28.2. The van der Waals surface area contributed by atoms with Gasteiger partial charge in [0.1, 0.15) is 30.2 Å². The molecule has 0 aromatic carbocycles. The van der Waals surface area contributed by atoms with Gasteiger partial charge in [0.05, 0.1) is 12.9 Å². The van der Waals surface area contributed by atoms with Gasteiger partial charge in [-0.25, -0.2) is 19.5 Å². The number of ether oxygens (including phenoxy) is 1. The van der Waals surface area contributed by atoms with Crippen LogP contribution in [-0.2, 0) is 18.3 Å². The Morgan fingerprint density at radius 2 is 2.17 bits per heavy atom. The summed E-state index contributed by atoms with van der Waals surface area (Å²) in [5, 5.41) is 10.4. The van der Waals surface area contributed by atoms with Crippen LogP contribution in [0.25, 0.3) is 11.2 Å². The Morgan fingerprint density at radius 3 is 2.96 bits per heavy atom. The number of aromatic nitrogens is 4. The van der Waals surface area contributed by atoms with E-state index in [4.69, 9.17) is 15.0 Å². The zero-order valence-electron chi connectivity index (χ0n) is 11.0. The fraction of sp³-hybridized carbons (Fsp3) is 0.500. The molecule has 23 heavy (non-hydrogen) atoms. The minimum absolute atomic E-state index is 0. The Kier molecular flexibility index (Phi) is 4.51. The topological polar surface area (TPSA) is 155 Å². The van der Waals surface area contributed by atoms with Gasteiger partial charge in [0.2, 0.25) is 0 Å². The third kappa shape index (κ3) is 2.82. The van der Waals surface area contributed by atoms with Crippen molar-refractivity contribution >= 4 is 54.4 Å². The number of aliphatic hydroxyl groups is 1. The van der Waals surface area contributed by atoms with Crippen LogP contribution in [0.15, 0.2) is 12.7 Å². The van der Waals surface area contributed by atoms with E-state index in [1.165, 1.54) is 17.2 Å². The zero-order valence-corrected chi connectivity index (χ0v) is 11.9. The summed E-state index contributed by atoms with van der Waals surface area (Å²) in [7, 11) is -4.16. The molecule has 4 N–H and O–H groups in total. The van der Waals surface area contributed by atoms with E-state index in [-0.39, 0.29) is 42.0 Å².